The van der Waals surface area contributed by atoms with E-state index in [1.54, 1.807) is 0 Å². The maximum Gasteiger partial charge on any atom is 0.413 e. The van der Waals surface area contributed by atoms with Gasteiger partial charge in [-0.15, -0.1) is 0 Å². The first-order chi connectivity index (χ1) is 12.2. The van der Waals surface area contributed by atoms with Gasteiger partial charge in [0.15, 0.2) is 5.13 Å². The summed E-state index contributed by atoms with van der Waals surface area (Å²) in [6.07, 6.45) is 6.61. The molecule has 0 aromatic carbocycles. The number of aromatic nitrogens is 1. The maximum atomic E-state index is 13.2. The predicted molar refractivity (Wildman–Crippen MR) is 103 cm³/mol. The molecular formula is C19H29N3O3S. The molecule has 0 bridgehead atoms. The molecule has 26 heavy (non-hydrogen) atoms. The van der Waals surface area contributed by atoms with Gasteiger partial charge in [0.1, 0.15) is 10.5 Å². The Labute approximate surface area is 159 Å². The molecule has 1 saturated heterocycles. The number of likely N-dealkylation sites (tertiary alicyclic amines) is 1. The zero-order valence-electron chi connectivity index (χ0n) is 16.1. The Bertz CT molecular complexity index is 678. The largest absolute Gasteiger partial charge is 0.444 e. The van der Waals surface area contributed by atoms with E-state index in [1.165, 1.54) is 37.0 Å². The fraction of sp³-hybridized carbons (Fsp3) is 0.737. The van der Waals surface area contributed by atoms with Gasteiger partial charge in [0.25, 0.3) is 5.91 Å². The van der Waals surface area contributed by atoms with Gasteiger partial charge in [0, 0.05) is 12.6 Å². The molecule has 1 aromatic heterocycles. The second-order valence-corrected chi connectivity index (χ2v) is 9.31. The predicted octanol–water partition coefficient (Wildman–Crippen LogP) is 4.59. The molecule has 1 saturated carbocycles. The highest BCUT2D eigenvalue weighted by Crippen LogP contribution is 2.37. The molecule has 2 unspecified atom stereocenters. The van der Waals surface area contributed by atoms with E-state index < -0.39 is 11.7 Å². The fourth-order valence-electron chi connectivity index (χ4n) is 4.05. The van der Waals surface area contributed by atoms with Crippen LogP contribution in [-0.4, -0.2) is 40.1 Å². The topological polar surface area (TPSA) is 71.5 Å². The second kappa shape index (κ2) is 7.55. The SMILES string of the molecule is Cc1nc(NC(=O)OC(C)(C)C)sc1C(=O)N1CCCC2CCCCC21. The van der Waals surface area contributed by atoms with E-state index in [9.17, 15) is 9.59 Å². The fourth-order valence-corrected chi connectivity index (χ4v) is 4.95. The number of aryl methyl sites for hydroxylation is 1. The minimum absolute atomic E-state index is 0.0637. The van der Waals surface area contributed by atoms with Gasteiger partial charge in [0.05, 0.1) is 5.69 Å². The summed E-state index contributed by atoms with van der Waals surface area (Å²) < 4.78 is 5.26. The van der Waals surface area contributed by atoms with Gasteiger partial charge in [-0.25, -0.2) is 9.78 Å². The first-order valence-electron chi connectivity index (χ1n) is 9.53. The molecule has 1 N–H and O–H groups in total. The number of carbonyl (C=O) groups is 2. The number of nitrogens with zero attached hydrogens (tertiary/aromatic N) is 2. The van der Waals surface area contributed by atoms with Crippen LogP contribution >= 0.6 is 11.3 Å². The van der Waals surface area contributed by atoms with Crippen LogP contribution in [0.4, 0.5) is 9.93 Å². The van der Waals surface area contributed by atoms with Gasteiger partial charge < -0.3 is 9.64 Å². The van der Waals surface area contributed by atoms with Crippen molar-refractivity contribution in [2.75, 3.05) is 11.9 Å². The lowest BCUT2D eigenvalue weighted by atomic mass is 9.78. The third-order valence-electron chi connectivity index (χ3n) is 5.10. The van der Waals surface area contributed by atoms with Crippen molar-refractivity contribution in [3.63, 3.8) is 0 Å². The minimum Gasteiger partial charge on any atom is -0.444 e. The molecule has 3 rings (SSSR count). The van der Waals surface area contributed by atoms with Gasteiger partial charge in [-0.2, -0.15) is 0 Å². The summed E-state index contributed by atoms with van der Waals surface area (Å²) in [6.45, 7) is 8.08. The van der Waals surface area contributed by atoms with E-state index in [4.69, 9.17) is 4.74 Å². The molecule has 2 aliphatic rings. The van der Waals surface area contributed by atoms with Crippen molar-refractivity contribution in [2.45, 2.75) is 77.9 Å². The number of amides is 2. The zero-order chi connectivity index (χ0) is 18.9. The molecule has 0 spiro atoms. The molecule has 2 atom stereocenters. The number of anilines is 1. The Hall–Kier alpha value is -1.63. The lowest BCUT2D eigenvalue weighted by molar-refractivity contribution is 0.0394. The van der Waals surface area contributed by atoms with Crippen LogP contribution < -0.4 is 5.32 Å². The summed E-state index contributed by atoms with van der Waals surface area (Å²) in [5.74, 6) is 0.711. The number of hydrogen-bond acceptors (Lipinski definition) is 5. The number of nitrogens with one attached hydrogen (secondary N) is 1. The highest BCUT2D eigenvalue weighted by atomic mass is 32.1. The van der Waals surface area contributed by atoms with Crippen LogP contribution in [0.1, 0.15) is 74.7 Å². The number of thiazole rings is 1. The van der Waals surface area contributed by atoms with Crippen molar-refractivity contribution < 1.29 is 14.3 Å². The molecule has 1 aromatic rings. The number of piperidine rings is 1. The van der Waals surface area contributed by atoms with Gasteiger partial charge in [-0.05, 0) is 59.3 Å². The van der Waals surface area contributed by atoms with Crippen molar-refractivity contribution in [3.05, 3.63) is 10.6 Å². The van der Waals surface area contributed by atoms with Crippen LogP contribution in [0.2, 0.25) is 0 Å². The highest BCUT2D eigenvalue weighted by Gasteiger charge is 2.37. The summed E-state index contributed by atoms with van der Waals surface area (Å²) in [6, 6.07) is 0.369. The molecule has 2 heterocycles. The highest BCUT2D eigenvalue weighted by molar-refractivity contribution is 7.17. The zero-order valence-corrected chi connectivity index (χ0v) is 16.9. The Morgan fingerprint density at radius 1 is 1.19 bits per heavy atom. The average Bonchev–Trinajstić information content (AvgIpc) is 2.92. The van der Waals surface area contributed by atoms with Crippen LogP contribution in [0.25, 0.3) is 0 Å². The first kappa shape index (κ1) is 19.1. The Morgan fingerprint density at radius 3 is 2.62 bits per heavy atom. The molecule has 7 heteroatoms. The third kappa shape index (κ3) is 4.37. The number of rotatable bonds is 2. The van der Waals surface area contributed by atoms with Crippen LogP contribution in [0.5, 0.6) is 0 Å². The van der Waals surface area contributed by atoms with E-state index in [1.807, 2.05) is 27.7 Å². The average molecular weight is 380 g/mol. The van der Waals surface area contributed by atoms with E-state index in [0.29, 0.717) is 27.7 Å². The molecule has 0 radical (unpaired) electrons. The standard InChI is InChI=1S/C19H29N3O3S/c1-12-15(26-17(20-12)21-18(24)25-19(2,3)4)16(23)22-11-7-9-13-8-5-6-10-14(13)22/h13-14H,5-11H2,1-4H3,(H,20,21,24). The van der Waals surface area contributed by atoms with Gasteiger partial charge in [-0.3, -0.25) is 10.1 Å². The van der Waals surface area contributed by atoms with Crippen LogP contribution in [0.15, 0.2) is 0 Å². The maximum absolute atomic E-state index is 13.2. The molecule has 144 valence electrons. The monoisotopic (exact) mass is 379 g/mol. The lowest BCUT2D eigenvalue weighted by Crippen LogP contribution is -2.49. The normalized spacial score (nSPS) is 23.3. The second-order valence-electron chi connectivity index (χ2n) is 8.31. The Balaban J connectivity index is 1.71. The molecule has 2 fully saturated rings. The summed E-state index contributed by atoms with van der Waals surface area (Å²) in [7, 11) is 0. The minimum atomic E-state index is -0.571. The number of fused-ring (bicyclic) bond motifs is 1. The van der Waals surface area contributed by atoms with Gasteiger partial charge in [0.2, 0.25) is 0 Å². The van der Waals surface area contributed by atoms with E-state index >= 15 is 0 Å². The Morgan fingerprint density at radius 2 is 1.88 bits per heavy atom. The third-order valence-corrected chi connectivity index (χ3v) is 6.16. The van der Waals surface area contributed by atoms with Crippen LogP contribution in [0, 0.1) is 12.8 Å². The van der Waals surface area contributed by atoms with Crippen molar-refractivity contribution >= 4 is 28.5 Å². The van der Waals surface area contributed by atoms with Gasteiger partial charge >= 0.3 is 6.09 Å². The lowest BCUT2D eigenvalue weighted by Gasteiger charge is -2.44. The van der Waals surface area contributed by atoms with Crippen molar-refractivity contribution in [2.24, 2.45) is 5.92 Å². The number of ether oxygens (including phenoxy) is 1. The van der Waals surface area contributed by atoms with Crippen molar-refractivity contribution in [3.8, 4) is 0 Å². The van der Waals surface area contributed by atoms with E-state index in [2.05, 4.69) is 15.2 Å². The Kier molecular flexibility index (Phi) is 5.55. The quantitative estimate of drug-likeness (QED) is 0.815. The number of hydrogen-bond donors (Lipinski definition) is 1. The van der Waals surface area contributed by atoms with Gasteiger partial charge in [-0.1, -0.05) is 24.2 Å². The molecule has 2 amide bonds. The van der Waals surface area contributed by atoms with Crippen LogP contribution in [0.3, 0.4) is 0 Å². The first-order valence-corrected chi connectivity index (χ1v) is 10.3. The molecule has 1 aliphatic heterocycles. The smallest absolute Gasteiger partial charge is 0.413 e. The van der Waals surface area contributed by atoms with Crippen molar-refractivity contribution in [1.29, 1.82) is 0 Å². The van der Waals surface area contributed by atoms with Crippen LogP contribution in [-0.2, 0) is 4.74 Å². The molecular weight excluding hydrogens is 350 g/mol. The van der Waals surface area contributed by atoms with Crippen molar-refractivity contribution in [1.82, 2.24) is 9.88 Å². The summed E-state index contributed by atoms with van der Waals surface area (Å²) >= 11 is 1.24. The van der Waals surface area contributed by atoms with E-state index in [-0.39, 0.29) is 5.91 Å². The summed E-state index contributed by atoms with van der Waals surface area (Å²) in [5.41, 5.74) is 0.0998. The summed E-state index contributed by atoms with van der Waals surface area (Å²) in [4.78, 5) is 32.1. The molecule has 6 nitrogen and oxygen atoms in total. The number of carbonyl (C=O) groups excluding carboxylic acids is 2. The molecule has 1 aliphatic carbocycles. The summed E-state index contributed by atoms with van der Waals surface area (Å²) in [5, 5.41) is 3.06. The van der Waals surface area contributed by atoms with E-state index in [0.717, 1.165) is 19.4 Å².